The molecule has 1 aliphatic heterocycles. The standard InChI is InChI=1S/C22H23ClN2O4/c1-15-14-18(11-12-19(15)23)29-13-3-4-20(26)24-16-7-9-17(10-8-16)25-21(27)5-2-6-22(25)28/h7-12,14H,2-6,13H2,1H3,(H,24,26). The zero-order valence-corrected chi connectivity index (χ0v) is 17.0. The van der Waals surface area contributed by atoms with Gasteiger partial charge in [0.05, 0.1) is 12.3 Å². The summed E-state index contributed by atoms with van der Waals surface area (Å²) in [6.45, 7) is 2.33. The van der Waals surface area contributed by atoms with Crippen molar-refractivity contribution in [3.63, 3.8) is 0 Å². The van der Waals surface area contributed by atoms with Crippen LogP contribution in [-0.4, -0.2) is 24.3 Å². The van der Waals surface area contributed by atoms with E-state index in [1.165, 1.54) is 4.90 Å². The summed E-state index contributed by atoms with van der Waals surface area (Å²) in [7, 11) is 0. The van der Waals surface area contributed by atoms with E-state index in [9.17, 15) is 14.4 Å². The monoisotopic (exact) mass is 414 g/mol. The van der Waals surface area contributed by atoms with Crippen LogP contribution in [0.3, 0.4) is 0 Å². The molecule has 3 amide bonds. The normalized spacial score (nSPS) is 14.1. The number of rotatable bonds is 7. The molecule has 0 bridgehead atoms. The molecular weight excluding hydrogens is 392 g/mol. The number of imide groups is 1. The molecule has 6 nitrogen and oxygen atoms in total. The Morgan fingerprint density at radius 1 is 1.10 bits per heavy atom. The highest BCUT2D eigenvalue weighted by Gasteiger charge is 2.27. The zero-order valence-electron chi connectivity index (χ0n) is 16.2. The Bertz CT molecular complexity index is 896. The predicted molar refractivity (Wildman–Crippen MR) is 112 cm³/mol. The van der Waals surface area contributed by atoms with E-state index in [0.29, 0.717) is 55.1 Å². The molecule has 0 saturated carbocycles. The topological polar surface area (TPSA) is 75.7 Å². The van der Waals surface area contributed by atoms with Gasteiger partial charge in [0, 0.05) is 30.0 Å². The lowest BCUT2D eigenvalue weighted by atomic mass is 10.1. The smallest absolute Gasteiger partial charge is 0.233 e. The summed E-state index contributed by atoms with van der Waals surface area (Å²) < 4.78 is 5.64. The summed E-state index contributed by atoms with van der Waals surface area (Å²) in [6.07, 6.45) is 2.24. The Labute approximate surface area is 174 Å². The quantitative estimate of drug-likeness (QED) is 0.535. The number of benzene rings is 2. The molecule has 0 spiro atoms. The number of halogens is 1. The van der Waals surface area contributed by atoms with E-state index in [2.05, 4.69) is 5.32 Å². The third-order valence-electron chi connectivity index (χ3n) is 4.64. The summed E-state index contributed by atoms with van der Waals surface area (Å²) >= 11 is 5.98. The third-order valence-corrected chi connectivity index (χ3v) is 5.06. The minimum Gasteiger partial charge on any atom is -0.494 e. The Morgan fingerprint density at radius 3 is 2.45 bits per heavy atom. The number of carbonyl (C=O) groups is 3. The van der Waals surface area contributed by atoms with Crippen LogP contribution in [0.15, 0.2) is 42.5 Å². The minimum absolute atomic E-state index is 0.126. The van der Waals surface area contributed by atoms with Crippen molar-refractivity contribution in [1.82, 2.24) is 0 Å². The zero-order chi connectivity index (χ0) is 20.8. The van der Waals surface area contributed by atoms with Crippen molar-refractivity contribution in [3.05, 3.63) is 53.1 Å². The molecule has 0 unspecified atom stereocenters. The van der Waals surface area contributed by atoms with Crippen molar-refractivity contribution in [2.24, 2.45) is 0 Å². The lowest BCUT2D eigenvalue weighted by Gasteiger charge is -2.24. The first-order valence-electron chi connectivity index (χ1n) is 9.59. The van der Waals surface area contributed by atoms with Crippen LogP contribution in [0.2, 0.25) is 5.02 Å². The molecule has 3 rings (SSSR count). The van der Waals surface area contributed by atoms with Gasteiger partial charge in [-0.1, -0.05) is 11.6 Å². The third kappa shape index (κ3) is 5.57. The number of hydrogen-bond acceptors (Lipinski definition) is 4. The van der Waals surface area contributed by atoms with Crippen molar-refractivity contribution >= 4 is 40.7 Å². The minimum atomic E-state index is -0.186. The highest BCUT2D eigenvalue weighted by molar-refractivity contribution is 6.31. The van der Waals surface area contributed by atoms with Crippen LogP contribution < -0.4 is 15.0 Å². The molecule has 1 fully saturated rings. The number of amides is 3. The number of anilines is 2. The molecule has 2 aromatic rings. The maximum atomic E-state index is 12.1. The molecule has 2 aromatic carbocycles. The summed E-state index contributed by atoms with van der Waals surface area (Å²) in [5.74, 6) is 0.228. The first-order valence-corrected chi connectivity index (χ1v) is 9.96. The van der Waals surface area contributed by atoms with Crippen LogP contribution in [0.5, 0.6) is 5.75 Å². The molecule has 1 N–H and O–H groups in total. The van der Waals surface area contributed by atoms with Gasteiger partial charge in [-0.25, -0.2) is 0 Å². The number of hydrogen-bond donors (Lipinski definition) is 1. The maximum absolute atomic E-state index is 12.1. The highest BCUT2D eigenvalue weighted by Crippen LogP contribution is 2.24. The van der Waals surface area contributed by atoms with E-state index in [4.69, 9.17) is 16.3 Å². The summed E-state index contributed by atoms with van der Waals surface area (Å²) in [4.78, 5) is 37.3. The Morgan fingerprint density at radius 2 is 1.79 bits per heavy atom. The van der Waals surface area contributed by atoms with Gasteiger partial charge in [-0.15, -0.1) is 0 Å². The molecule has 1 saturated heterocycles. The highest BCUT2D eigenvalue weighted by atomic mass is 35.5. The predicted octanol–water partition coefficient (Wildman–Crippen LogP) is 4.49. The summed E-state index contributed by atoms with van der Waals surface area (Å²) in [5.41, 5.74) is 2.09. The largest absolute Gasteiger partial charge is 0.494 e. The number of piperidine rings is 1. The van der Waals surface area contributed by atoms with Gasteiger partial charge in [-0.05, 0) is 67.8 Å². The Kier molecular flexibility index (Phi) is 6.88. The van der Waals surface area contributed by atoms with Crippen molar-refractivity contribution < 1.29 is 19.1 Å². The van der Waals surface area contributed by atoms with E-state index in [1.54, 1.807) is 36.4 Å². The number of ether oxygens (including phenoxy) is 1. The van der Waals surface area contributed by atoms with E-state index in [0.717, 1.165) is 11.3 Å². The SMILES string of the molecule is Cc1cc(OCCCC(=O)Nc2ccc(N3C(=O)CCCC3=O)cc2)ccc1Cl. The van der Waals surface area contributed by atoms with Gasteiger partial charge < -0.3 is 10.1 Å². The van der Waals surface area contributed by atoms with Crippen molar-refractivity contribution in [1.29, 1.82) is 0 Å². The lowest BCUT2D eigenvalue weighted by Crippen LogP contribution is -2.40. The van der Waals surface area contributed by atoms with Crippen molar-refractivity contribution in [3.8, 4) is 5.75 Å². The molecule has 0 radical (unpaired) electrons. The Hall–Kier alpha value is -2.86. The van der Waals surface area contributed by atoms with Crippen molar-refractivity contribution in [2.75, 3.05) is 16.8 Å². The van der Waals surface area contributed by atoms with E-state index >= 15 is 0 Å². The Balaban J connectivity index is 1.45. The molecule has 152 valence electrons. The van der Waals surface area contributed by atoms with E-state index in [1.807, 2.05) is 13.0 Å². The first kappa shape index (κ1) is 20.9. The first-order chi connectivity index (χ1) is 13.9. The number of nitrogens with one attached hydrogen (secondary N) is 1. The van der Waals surface area contributed by atoms with Crippen LogP contribution in [0.25, 0.3) is 0 Å². The fourth-order valence-corrected chi connectivity index (χ4v) is 3.21. The van der Waals surface area contributed by atoms with Crippen LogP contribution in [0.4, 0.5) is 11.4 Å². The second-order valence-electron chi connectivity index (χ2n) is 6.93. The van der Waals surface area contributed by atoms with Crippen molar-refractivity contribution in [2.45, 2.75) is 39.0 Å². The molecule has 0 aliphatic carbocycles. The van der Waals surface area contributed by atoms with E-state index < -0.39 is 0 Å². The average Bonchev–Trinajstić information content (AvgIpc) is 2.69. The maximum Gasteiger partial charge on any atom is 0.233 e. The number of nitrogens with zero attached hydrogens (tertiary/aromatic N) is 1. The van der Waals surface area contributed by atoms with E-state index in [-0.39, 0.29) is 17.7 Å². The van der Waals surface area contributed by atoms with Gasteiger partial charge >= 0.3 is 0 Å². The van der Waals surface area contributed by atoms with Gasteiger partial charge in [-0.2, -0.15) is 0 Å². The molecule has 0 aromatic heterocycles. The molecule has 29 heavy (non-hydrogen) atoms. The molecule has 0 atom stereocenters. The summed E-state index contributed by atoms with van der Waals surface area (Å²) in [6, 6.07) is 12.2. The molecule has 1 heterocycles. The average molecular weight is 415 g/mol. The molecule has 1 aliphatic rings. The second-order valence-corrected chi connectivity index (χ2v) is 7.34. The fraction of sp³-hybridized carbons (Fsp3) is 0.318. The van der Waals surface area contributed by atoms with Gasteiger partial charge in [-0.3, -0.25) is 19.3 Å². The van der Waals surface area contributed by atoms with Gasteiger partial charge in [0.2, 0.25) is 17.7 Å². The van der Waals surface area contributed by atoms with Crippen LogP contribution >= 0.6 is 11.6 Å². The number of aryl methyl sites for hydroxylation is 1. The molecular formula is C22H23ClN2O4. The molecule has 7 heteroatoms. The van der Waals surface area contributed by atoms with Gasteiger partial charge in [0.25, 0.3) is 0 Å². The van der Waals surface area contributed by atoms with Crippen LogP contribution in [-0.2, 0) is 14.4 Å². The fourth-order valence-electron chi connectivity index (χ4n) is 3.09. The second kappa shape index (κ2) is 9.56. The summed E-state index contributed by atoms with van der Waals surface area (Å²) in [5, 5.41) is 3.50. The van der Waals surface area contributed by atoms with Gasteiger partial charge in [0.1, 0.15) is 5.75 Å². The van der Waals surface area contributed by atoms with Crippen LogP contribution in [0.1, 0.15) is 37.7 Å². The van der Waals surface area contributed by atoms with Gasteiger partial charge in [0.15, 0.2) is 0 Å². The number of carbonyl (C=O) groups excluding carboxylic acids is 3. The van der Waals surface area contributed by atoms with Crippen LogP contribution in [0, 0.1) is 6.92 Å². The lowest BCUT2D eigenvalue weighted by molar-refractivity contribution is -0.129.